The van der Waals surface area contributed by atoms with Crippen molar-refractivity contribution in [2.24, 2.45) is 5.41 Å². The Bertz CT molecular complexity index is 989. The maximum atomic E-state index is 13.4. The molecule has 1 aliphatic heterocycles. The minimum Gasteiger partial charge on any atom is -0.294 e. The van der Waals surface area contributed by atoms with Crippen molar-refractivity contribution >= 4 is 17.4 Å². The number of anilines is 1. The van der Waals surface area contributed by atoms with Crippen LogP contribution in [0.4, 0.5) is 5.69 Å². The van der Waals surface area contributed by atoms with E-state index in [1.807, 2.05) is 49.1 Å². The second-order valence-electron chi connectivity index (χ2n) is 8.83. The van der Waals surface area contributed by atoms with Crippen molar-refractivity contribution in [2.75, 3.05) is 4.90 Å². The van der Waals surface area contributed by atoms with Gasteiger partial charge >= 0.3 is 0 Å². The Morgan fingerprint density at radius 1 is 1.07 bits per heavy atom. The monoisotopic (exact) mass is 374 g/mol. The number of rotatable bonds is 2. The third-order valence-electron chi connectivity index (χ3n) is 5.79. The van der Waals surface area contributed by atoms with Crippen LogP contribution in [-0.2, 0) is 9.59 Å². The standard InChI is InChI=1S/C24H26N2O2/c1-15-8-9-16(2)19(11-15)26-20-13-24(3,4)14-21(27)23(20)17(12-22(26)28)18-7-5-6-10-25-18/h5-11,17H,12-14H2,1-4H3. The Hall–Kier alpha value is -2.75. The van der Waals surface area contributed by atoms with Crippen molar-refractivity contribution in [1.82, 2.24) is 4.98 Å². The number of hydrogen-bond acceptors (Lipinski definition) is 3. The van der Waals surface area contributed by atoms with Gasteiger partial charge in [-0.05, 0) is 55.0 Å². The molecule has 4 heteroatoms. The third-order valence-corrected chi connectivity index (χ3v) is 5.79. The zero-order chi connectivity index (χ0) is 20.1. The summed E-state index contributed by atoms with van der Waals surface area (Å²) in [6.07, 6.45) is 3.21. The molecular weight excluding hydrogens is 348 g/mol. The molecule has 28 heavy (non-hydrogen) atoms. The number of carbonyl (C=O) groups is 2. The Morgan fingerprint density at radius 3 is 2.57 bits per heavy atom. The Labute approximate surface area is 166 Å². The third kappa shape index (κ3) is 3.17. The lowest BCUT2D eigenvalue weighted by Crippen LogP contribution is -2.44. The smallest absolute Gasteiger partial charge is 0.232 e. The minimum atomic E-state index is -0.256. The summed E-state index contributed by atoms with van der Waals surface area (Å²) in [5.74, 6) is -0.0769. The van der Waals surface area contributed by atoms with Crippen LogP contribution in [0.3, 0.4) is 0 Å². The molecule has 0 radical (unpaired) electrons. The van der Waals surface area contributed by atoms with E-state index in [1.54, 1.807) is 6.20 Å². The maximum absolute atomic E-state index is 13.4. The molecule has 2 aliphatic rings. The Balaban J connectivity index is 1.93. The fourth-order valence-electron chi connectivity index (χ4n) is 4.49. The fourth-order valence-corrected chi connectivity index (χ4v) is 4.49. The number of carbonyl (C=O) groups excluding carboxylic acids is 2. The van der Waals surface area contributed by atoms with Crippen LogP contribution in [-0.4, -0.2) is 16.7 Å². The highest BCUT2D eigenvalue weighted by Gasteiger charge is 2.44. The van der Waals surface area contributed by atoms with Crippen LogP contribution in [0, 0.1) is 19.3 Å². The predicted molar refractivity (Wildman–Crippen MR) is 110 cm³/mol. The van der Waals surface area contributed by atoms with E-state index in [9.17, 15) is 9.59 Å². The zero-order valence-corrected chi connectivity index (χ0v) is 17.0. The number of allylic oxidation sites excluding steroid dienone is 2. The molecule has 0 bridgehead atoms. The van der Waals surface area contributed by atoms with Crippen LogP contribution in [0.25, 0.3) is 0 Å². The lowest BCUT2D eigenvalue weighted by molar-refractivity contribution is -0.121. The lowest BCUT2D eigenvalue weighted by atomic mass is 9.70. The molecule has 0 fully saturated rings. The van der Waals surface area contributed by atoms with E-state index in [1.165, 1.54) is 0 Å². The molecule has 1 aliphatic carbocycles. The summed E-state index contributed by atoms with van der Waals surface area (Å²) in [6, 6.07) is 11.8. The molecule has 0 N–H and O–H groups in total. The summed E-state index contributed by atoms with van der Waals surface area (Å²) in [4.78, 5) is 32.9. The Morgan fingerprint density at radius 2 is 1.86 bits per heavy atom. The number of Topliss-reactive ketones (excluding diaryl/α,β-unsaturated/α-hetero) is 1. The summed E-state index contributed by atoms with van der Waals surface area (Å²) >= 11 is 0. The summed E-state index contributed by atoms with van der Waals surface area (Å²) in [7, 11) is 0. The van der Waals surface area contributed by atoms with Gasteiger partial charge in [-0.1, -0.05) is 32.0 Å². The average molecular weight is 374 g/mol. The normalized spacial score (nSPS) is 21.7. The number of hydrogen-bond donors (Lipinski definition) is 0. The van der Waals surface area contributed by atoms with Gasteiger partial charge in [-0.3, -0.25) is 19.5 Å². The second-order valence-corrected chi connectivity index (χ2v) is 8.83. The first kappa shape index (κ1) is 18.6. The van der Waals surface area contributed by atoms with Gasteiger partial charge in [0.2, 0.25) is 5.91 Å². The molecule has 1 unspecified atom stereocenters. The van der Waals surface area contributed by atoms with Gasteiger partial charge in [0.15, 0.2) is 5.78 Å². The predicted octanol–water partition coefficient (Wildman–Crippen LogP) is 4.86. The van der Waals surface area contributed by atoms with Gasteiger partial charge < -0.3 is 0 Å². The van der Waals surface area contributed by atoms with E-state index in [4.69, 9.17) is 0 Å². The van der Waals surface area contributed by atoms with E-state index >= 15 is 0 Å². The van der Waals surface area contributed by atoms with Crippen LogP contribution in [0.2, 0.25) is 0 Å². The highest BCUT2D eigenvalue weighted by molar-refractivity contribution is 6.08. The number of ketones is 1. The number of amides is 1. The quantitative estimate of drug-likeness (QED) is 0.754. The number of aromatic nitrogens is 1. The van der Waals surface area contributed by atoms with Crippen molar-refractivity contribution < 1.29 is 9.59 Å². The van der Waals surface area contributed by atoms with Crippen molar-refractivity contribution in [3.05, 3.63) is 70.7 Å². The molecule has 144 valence electrons. The van der Waals surface area contributed by atoms with Crippen molar-refractivity contribution in [3.63, 3.8) is 0 Å². The molecule has 2 aromatic rings. The van der Waals surface area contributed by atoms with E-state index in [0.29, 0.717) is 12.8 Å². The summed E-state index contributed by atoms with van der Waals surface area (Å²) in [6.45, 7) is 8.25. The van der Waals surface area contributed by atoms with Gasteiger partial charge in [0, 0.05) is 41.9 Å². The molecule has 1 aromatic carbocycles. The van der Waals surface area contributed by atoms with Crippen LogP contribution in [0.15, 0.2) is 53.9 Å². The average Bonchev–Trinajstić information content (AvgIpc) is 2.63. The van der Waals surface area contributed by atoms with E-state index in [-0.39, 0.29) is 29.4 Å². The highest BCUT2D eigenvalue weighted by Crippen LogP contribution is 2.48. The molecule has 0 saturated carbocycles. The molecular formula is C24H26N2O2. The van der Waals surface area contributed by atoms with Gasteiger partial charge in [0.25, 0.3) is 0 Å². The van der Waals surface area contributed by atoms with Gasteiger partial charge in [-0.25, -0.2) is 0 Å². The number of pyridine rings is 1. The minimum absolute atomic E-state index is 0.0357. The first-order chi connectivity index (χ1) is 13.3. The van der Waals surface area contributed by atoms with Crippen LogP contribution in [0.1, 0.15) is 55.8 Å². The molecule has 1 aromatic heterocycles. The highest BCUT2D eigenvalue weighted by atomic mass is 16.2. The first-order valence-electron chi connectivity index (χ1n) is 9.84. The van der Waals surface area contributed by atoms with Gasteiger partial charge in [-0.2, -0.15) is 0 Å². The molecule has 0 saturated heterocycles. The number of benzene rings is 1. The molecule has 1 amide bonds. The summed E-state index contributed by atoms with van der Waals surface area (Å²) < 4.78 is 0. The van der Waals surface area contributed by atoms with Crippen molar-refractivity contribution in [1.29, 1.82) is 0 Å². The van der Waals surface area contributed by atoms with Gasteiger partial charge in [0.1, 0.15) is 0 Å². The van der Waals surface area contributed by atoms with Gasteiger partial charge in [-0.15, -0.1) is 0 Å². The van der Waals surface area contributed by atoms with E-state index < -0.39 is 0 Å². The second kappa shape index (κ2) is 6.69. The molecule has 4 rings (SSSR count). The lowest BCUT2D eigenvalue weighted by Gasteiger charge is -2.43. The molecule has 2 heterocycles. The van der Waals surface area contributed by atoms with Crippen LogP contribution in [0.5, 0.6) is 0 Å². The Kier molecular flexibility index (Phi) is 4.45. The molecule has 1 atom stereocenters. The topological polar surface area (TPSA) is 50.3 Å². The summed E-state index contributed by atoms with van der Waals surface area (Å²) in [5.41, 5.74) is 5.31. The van der Waals surface area contributed by atoms with Crippen molar-refractivity contribution in [3.8, 4) is 0 Å². The van der Waals surface area contributed by atoms with Crippen molar-refractivity contribution in [2.45, 2.75) is 52.9 Å². The van der Waals surface area contributed by atoms with Crippen LogP contribution >= 0.6 is 0 Å². The fraction of sp³-hybridized carbons (Fsp3) is 0.375. The first-order valence-corrected chi connectivity index (χ1v) is 9.84. The van der Waals surface area contributed by atoms with Gasteiger partial charge in [0.05, 0.1) is 5.69 Å². The SMILES string of the molecule is Cc1ccc(C)c(N2C(=O)CC(c3ccccn3)C3=C2CC(C)(C)CC3=O)c1. The summed E-state index contributed by atoms with van der Waals surface area (Å²) in [5, 5.41) is 0. The number of aryl methyl sites for hydroxylation is 2. The van der Waals surface area contributed by atoms with E-state index in [2.05, 4.69) is 24.9 Å². The van der Waals surface area contributed by atoms with Crippen LogP contribution < -0.4 is 4.90 Å². The molecule has 4 nitrogen and oxygen atoms in total. The number of nitrogens with zero attached hydrogens (tertiary/aromatic N) is 2. The van der Waals surface area contributed by atoms with E-state index in [0.717, 1.165) is 33.8 Å². The molecule has 0 spiro atoms. The zero-order valence-electron chi connectivity index (χ0n) is 17.0. The maximum Gasteiger partial charge on any atom is 0.232 e. The largest absolute Gasteiger partial charge is 0.294 e.